The van der Waals surface area contributed by atoms with E-state index in [1.54, 1.807) is 57.4 Å². The van der Waals surface area contributed by atoms with Crippen LogP contribution in [0.15, 0.2) is 45.5 Å². The molecule has 0 aliphatic carbocycles. The topological polar surface area (TPSA) is 166 Å². The van der Waals surface area contributed by atoms with Crippen LogP contribution >= 0.6 is 0 Å². The summed E-state index contributed by atoms with van der Waals surface area (Å²) in [6.45, 7) is 5.66. The molecule has 0 aromatic carbocycles. The summed E-state index contributed by atoms with van der Waals surface area (Å²) in [4.78, 5) is 19.3. The molecular formula is C21H22N6O4. The highest BCUT2D eigenvalue weighted by atomic mass is 16.6. The molecule has 0 bridgehead atoms. The van der Waals surface area contributed by atoms with Crippen molar-refractivity contribution in [3.05, 3.63) is 48.2 Å². The van der Waals surface area contributed by atoms with Crippen molar-refractivity contribution in [2.45, 2.75) is 32.9 Å². The number of hydrogen-bond donors (Lipinski definition) is 3. The predicted molar refractivity (Wildman–Crippen MR) is 115 cm³/mol. The number of pyridine rings is 2. The van der Waals surface area contributed by atoms with E-state index < -0.39 is 11.7 Å². The van der Waals surface area contributed by atoms with E-state index in [0.29, 0.717) is 33.9 Å². The second-order valence-corrected chi connectivity index (χ2v) is 7.51. The summed E-state index contributed by atoms with van der Waals surface area (Å²) in [5, 5.41) is 12.6. The number of fused-ring (bicyclic) bond motifs is 2. The van der Waals surface area contributed by atoms with Crippen LogP contribution in [0.2, 0.25) is 0 Å². The number of anilines is 2. The molecule has 4 aromatic heterocycles. The quantitative estimate of drug-likeness (QED) is 0.436. The number of rotatable bonds is 2. The van der Waals surface area contributed by atoms with Crippen LogP contribution in [0.3, 0.4) is 0 Å². The van der Waals surface area contributed by atoms with Crippen molar-refractivity contribution in [3.63, 3.8) is 0 Å². The first-order chi connectivity index (χ1) is 14.7. The molecule has 160 valence electrons. The summed E-state index contributed by atoms with van der Waals surface area (Å²) in [6.07, 6.45) is 2.63. The maximum absolute atomic E-state index is 11.5. The van der Waals surface area contributed by atoms with Crippen LogP contribution in [-0.4, -0.2) is 21.7 Å². The minimum absolute atomic E-state index is 0.239. The molecule has 0 atom stereocenters. The van der Waals surface area contributed by atoms with Crippen LogP contribution in [0.4, 0.5) is 16.4 Å². The van der Waals surface area contributed by atoms with E-state index in [4.69, 9.17) is 30.3 Å². The summed E-state index contributed by atoms with van der Waals surface area (Å²) in [5.74, 6) is 1.65. The SMILES string of the molecule is CC(C)(C)OC(=O)NCc1cc2c(N)nccc2o1.N#Cc1cc2c(N)nccc2o1. The van der Waals surface area contributed by atoms with Gasteiger partial charge in [-0.1, -0.05) is 0 Å². The number of nitrogens with zero attached hydrogens (tertiary/aromatic N) is 3. The van der Waals surface area contributed by atoms with Crippen LogP contribution < -0.4 is 16.8 Å². The van der Waals surface area contributed by atoms with Crippen molar-refractivity contribution in [1.29, 1.82) is 5.26 Å². The third-order valence-corrected chi connectivity index (χ3v) is 3.92. The van der Waals surface area contributed by atoms with E-state index in [1.165, 1.54) is 0 Å². The number of aromatic nitrogens is 2. The number of hydrogen-bond acceptors (Lipinski definition) is 9. The van der Waals surface area contributed by atoms with Gasteiger partial charge in [-0.25, -0.2) is 14.8 Å². The zero-order valence-corrected chi connectivity index (χ0v) is 17.3. The zero-order valence-electron chi connectivity index (χ0n) is 17.3. The van der Waals surface area contributed by atoms with Crippen molar-refractivity contribution in [3.8, 4) is 6.07 Å². The monoisotopic (exact) mass is 422 g/mol. The summed E-state index contributed by atoms with van der Waals surface area (Å²) >= 11 is 0. The van der Waals surface area contributed by atoms with Gasteiger partial charge in [0.1, 0.15) is 40.2 Å². The van der Waals surface area contributed by atoms with Crippen molar-refractivity contribution in [1.82, 2.24) is 15.3 Å². The summed E-state index contributed by atoms with van der Waals surface area (Å²) in [5.41, 5.74) is 12.0. The molecule has 0 unspecified atom stereocenters. The summed E-state index contributed by atoms with van der Waals surface area (Å²) in [6, 6.07) is 8.63. The Balaban J connectivity index is 0.000000194. The third kappa shape index (κ3) is 5.42. The number of furan rings is 2. The Kier molecular flexibility index (Phi) is 5.97. The zero-order chi connectivity index (χ0) is 22.6. The molecule has 0 saturated carbocycles. The minimum atomic E-state index is -0.522. The number of nitrogens with two attached hydrogens (primary N) is 2. The Morgan fingerprint density at radius 3 is 2.19 bits per heavy atom. The van der Waals surface area contributed by atoms with Gasteiger partial charge in [-0.15, -0.1) is 0 Å². The smallest absolute Gasteiger partial charge is 0.408 e. The van der Waals surface area contributed by atoms with E-state index in [9.17, 15) is 4.79 Å². The second kappa shape index (κ2) is 8.62. The van der Waals surface area contributed by atoms with Crippen molar-refractivity contribution in [2.24, 2.45) is 0 Å². The second-order valence-electron chi connectivity index (χ2n) is 7.51. The molecule has 10 heteroatoms. The number of nitrogen functional groups attached to an aromatic ring is 2. The van der Waals surface area contributed by atoms with Crippen molar-refractivity contribution >= 4 is 39.7 Å². The van der Waals surface area contributed by atoms with Gasteiger partial charge in [-0.2, -0.15) is 5.26 Å². The first kappa shape index (κ1) is 21.4. The molecule has 0 aliphatic rings. The van der Waals surface area contributed by atoms with E-state index in [1.807, 2.05) is 6.07 Å². The third-order valence-electron chi connectivity index (χ3n) is 3.92. The maximum atomic E-state index is 11.5. The highest BCUT2D eigenvalue weighted by Gasteiger charge is 2.16. The van der Waals surface area contributed by atoms with Gasteiger partial charge in [0.2, 0.25) is 5.76 Å². The highest BCUT2D eigenvalue weighted by molar-refractivity contribution is 5.88. The Morgan fingerprint density at radius 2 is 1.68 bits per heavy atom. The van der Waals surface area contributed by atoms with E-state index in [-0.39, 0.29) is 12.3 Å². The van der Waals surface area contributed by atoms with Gasteiger partial charge in [0.25, 0.3) is 0 Å². The molecule has 31 heavy (non-hydrogen) atoms. The van der Waals surface area contributed by atoms with Gasteiger partial charge < -0.3 is 30.4 Å². The number of carbonyl (C=O) groups is 1. The van der Waals surface area contributed by atoms with Crippen molar-refractivity contribution < 1.29 is 18.4 Å². The fourth-order valence-electron chi connectivity index (χ4n) is 2.64. The normalized spacial score (nSPS) is 10.9. The Hall–Kier alpha value is -4.26. The molecule has 0 aliphatic heterocycles. The molecule has 4 aromatic rings. The lowest BCUT2D eigenvalue weighted by atomic mass is 10.2. The number of nitrogens with one attached hydrogen (secondary N) is 1. The van der Waals surface area contributed by atoms with E-state index >= 15 is 0 Å². The lowest BCUT2D eigenvalue weighted by molar-refractivity contribution is 0.0520. The molecule has 0 spiro atoms. The Morgan fingerprint density at radius 1 is 1.10 bits per heavy atom. The van der Waals surface area contributed by atoms with E-state index in [0.717, 1.165) is 5.39 Å². The van der Waals surface area contributed by atoms with Crippen LogP contribution in [-0.2, 0) is 11.3 Å². The molecule has 10 nitrogen and oxygen atoms in total. The fraction of sp³-hybridized carbons (Fsp3) is 0.238. The standard InChI is InChI=1S/C13H17N3O3.C8H5N3O/c1-13(2,3)19-12(17)16-7-8-6-9-10(18-8)4-5-15-11(9)14;9-4-5-3-6-7(12-5)1-2-11-8(6)10/h4-6H,7H2,1-3H3,(H2,14,15)(H,16,17);1-3H,(H2,10,11). The lowest BCUT2D eigenvalue weighted by Gasteiger charge is -2.19. The summed E-state index contributed by atoms with van der Waals surface area (Å²) < 4.78 is 15.8. The molecule has 0 fully saturated rings. The molecule has 4 heterocycles. The van der Waals surface area contributed by atoms with Gasteiger partial charge in [-0.3, -0.25) is 0 Å². The number of carbonyl (C=O) groups excluding carboxylic acids is 1. The van der Waals surface area contributed by atoms with Crippen LogP contribution in [0.25, 0.3) is 21.9 Å². The highest BCUT2D eigenvalue weighted by Crippen LogP contribution is 2.23. The maximum Gasteiger partial charge on any atom is 0.408 e. The molecule has 0 radical (unpaired) electrons. The van der Waals surface area contributed by atoms with Crippen LogP contribution in [0.1, 0.15) is 32.3 Å². The van der Waals surface area contributed by atoms with E-state index in [2.05, 4.69) is 15.3 Å². The number of alkyl carbamates (subject to hydrolysis) is 1. The van der Waals surface area contributed by atoms with Crippen LogP contribution in [0.5, 0.6) is 0 Å². The first-order valence-corrected chi connectivity index (χ1v) is 9.30. The Bertz CT molecular complexity index is 1260. The largest absolute Gasteiger partial charge is 0.459 e. The molecule has 0 saturated heterocycles. The summed E-state index contributed by atoms with van der Waals surface area (Å²) in [7, 11) is 0. The Labute approximate surface area is 177 Å². The number of nitriles is 1. The molecular weight excluding hydrogens is 400 g/mol. The fourth-order valence-corrected chi connectivity index (χ4v) is 2.64. The van der Waals surface area contributed by atoms with Gasteiger partial charge in [0.15, 0.2) is 0 Å². The average molecular weight is 422 g/mol. The molecule has 1 amide bonds. The minimum Gasteiger partial charge on any atom is -0.459 e. The average Bonchev–Trinajstić information content (AvgIpc) is 3.31. The van der Waals surface area contributed by atoms with Gasteiger partial charge in [0.05, 0.1) is 17.3 Å². The van der Waals surface area contributed by atoms with Crippen LogP contribution in [0, 0.1) is 11.3 Å². The lowest BCUT2D eigenvalue weighted by Crippen LogP contribution is -2.32. The molecule has 4 rings (SSSR count). The first-order valence-electron chi connectivity index (χ1n) is 9.30. The number of ether oxygens (including phenoxy) is 1. The van der Waals surface area contributed by atoms with Gasteiger partial charge >= 0.3 is 6.09 Å². The molecule has 5 N–H and O–H groups in total. The predicted octanol–water partition coefficient (Wildman–Crippen LogP) is 3.72. The number of amides is 1. The van der Waals surface area contributed by atoms with Gasteiger partial charge in [0, 0.05) is 18.5 Å². The van der Waals surface area contributed by atoms with Gasteiger partial charge in [-0.05, 0) is 39.0 Å². The van der Waals surface area contributed by atoms with Crippen molar-refractivity contribution in [2.75, 3.05) is 11.5 Å².